The quantitative estimate of drug-likeness (QED) is 0.356. The minimum absolute atomic E-state index is 0.347. The van der Waals surface area contributed by atoms with Crippen LogP contribution in [0.15, 0.2) is 30.9 Å². The number of aryl methyl sites for hydroxylation is 1. The number of hydrogen-bond donors (Lipinski definition) is 1. The summed E-state index contributed by atoms with van der Waals surface area (Å²) in [4.78, 5) is 0. The average molecular weight is 425 g/mol. The molecule has 2 heteroatoms. The van der Waals surface area contributed by atoms with Gasteiger partial charge in [-0.15, -0.1) is 6.58 Å². The number of thiol groups is 1. The van der Waals surface area contributed by atoms with Crippen molar-refractivity contribution in [2.24, 2.45) is 23.2 Å². The second kappa shape index (κ2) is 8.66. The third kappa shape index (κ3) is 3.51. The van der Waals surface area contributed by atoms with E-state index in [9.17, 15) is 0 Å². The number of rotatable bonds is 7. The molecule has 4 aliphatic carbocycles. The van der Waals surface area contributed by atoms with Crippen LogP contribution in [0.25, 0.3) is 0 Å². The lowest BCUT2D eigenvalue weighted by molar-refractivity contribution is -0.0779. The van der Waals surface area contributed by atoms with Gasteiger partial charge in [0.25, 0.3) is 0 Å². The maximum atomic E-state index is 6.39. The van der Waals surface area contributed by atoms with Crippen molar-refractivity contribution in [3.05, 3.63) is 47.5 Å². The van der Waals surface area contributed by atoms with Gasteiger partial charge in [-0.1, -0.05) is 37.6 Å². The first kappa shape index (κ1) is 21.1. The van der Waals surface area contributed by atoms with Gasteiger partial charge in [-0.2, -0.15) is 12.6 Å². The molecule has 0 aromatic heterocycles. The van der Waals surface area contributed by atoms with Crippen LogP contribution in [0.3, 0.4) is 0 Å². The number of hydrogen-bond acceptors (Lipinski definition) is 2. The molecule has 0 bridgehead atoms. The van der Waals surface area contributed by atoms with Gasteiger partial charge in [0.1, 0.15) is 0 Å². The third-order valence-electron chi connectivity index (χ3n) is 9.51. The highest BCUT2D eigenvalue weighted by atomic mass is 32.1. The van der Waals surface area contributed by atoms with Crippen molar-refractivity contribution < 1.29 is 4.74 Å². The van der Waals surface area contributed by atoms with Crippen molar-refractivity contribution >= 4 is 12.6 Å². The first-order valence-corrected chi connectivity index (χ1v) is 13.2. The van der Waals surface area contributed by atoms with Gasteiger partial charge < -0.3 is 4.74 Å². The Morgan fingerprint density at radius 1 is 1.20 bits per heavy atom. The summed E-state index contributed by atoms with van der Waals surface area (Å²) in [5.41, 5.74) is 5.38. The van der Waals surface area contributed by atoms with Gasteiger partial charge in [0, 0.05) is 5.75 Å². The van der Waals surface area contributed by atoms with Crippen molar-refractivity contribution in [1.82, 2.24) is 0 Å². The average Bonchev–Trinajstić information content (AvgIpc) is 3.04. The molecule has 5 rings (SSSR count). The zero-order valence-corrected chi connectivity index (χ0v) is 19.7. The van der Waals surface area contributed by atoms with Crippen LogP contribution in [0.2, 0.25) is 0 Å². The number of allylic oxidation sites excluding steroid dienone is 1. The molecule has 30 heavy (non-hydrogen) atoms. The molecule has 0 spiro atoms. The minimum atomic E-state index is 0.347. The number of benzene rings is 1. The Bertz CT molecular complexity index is 768. The second-order valence-electron chi connectivity index (χ2n) is 10.9. The third-order valence-corrected chi connectivity index (χ3v) is 9.69. The van der Waals surface area contributed by atoms with Crippen LogP contribution < -0.4 is 0 Å². The van der Waals surface area contributed by atoms with E-state index in [-0.39, 0.29) is 0 Å². The molecule has 164 valence electrons. The van der Waals surface area contributed by atoms with Crippen LogP contribution in [0.5, 0.6) is 0 Å². The highest BCUT2D eigenvalue weighted by Gasteiger charge is 2.57. The van der Waals surface area contributed by atoms with Crippen molar-refractivity contribution in [2.75, 3.05) is 12.4 Å². The second-order valence-corrected chi connectivity index (χ2v) is 11.4. The van der Waals surface area contributed by atoms with E-state index in [1.54, 1.807) is 16.7 Å². The molecule has 4 aliphatic rings. The summed E-state index contributed by atoms with van der Waals surface area (Å²) in [6, 6.07) is 7.67. The van der Waals surface area contributed by atoms with Crippen molar-refractivity contribution in [2.45, 2.75) is 89.1 Å². The Morgan fingerprint density at radius 3 is 2.80 bits per heavy atom. The number of fused-ring (bicyclic) bond motifs is 5. The standard InChI is InChI=1S/C28H40OS/c1-3-4-6-22-18-28(2)25(13-14-26(28)29-15-16-30)24-12-10-21-17-20(19-7-5-8-19)9-11-23(21)27(22)24/h3,9,11,17,19,22,24-27,30H,1,4-8,10,12-16,18H2,2H3. The maximum absolute atomic E-state index is 6.39. The molecule has 1 aromatic rings. The number of ether oxygens (including phenoxy) is 1. The summed E-state index contributed by atoms with van der Waals surface area (Å²) < 4.78 is 6.39. The predicted octanol–water partition coefficient (Wildman–Crippen LogP) is 7.32. The van der Waals surface area contributed by atoms with Crippen LogP contribution >= 0.6 is 12.6 Å². The van der Waals surface area contributed by atoms with Crippen LogP contribution in [-0.2, 0) is 11.2 Å². The molecular weight excluding hydrogens is 384 g/mol. The van der Waals surface area contributed by atoms with Crippen LogP contribution in [0, 0.1) is 23.2 Å². The van der Waals surface area contributed by atoms with Gasteiger partial charge in [-0.05, 0) is 109 Å². The zero-order valence-electron chi connectivity index (χ0n) is 18.8. The molecule has 0 amide bonds. The van der Waals surface area contributed by atoms with Crippen molar-refractivity contribution in [3.8, 4) is 0 Å². The maximum Gasteiger partial charge on any atom is 0.0632 e. The molecule has 0 saturated heterocycles. The first-order valence-electron chi connectivity index (χ1n) is 12.6. The van der Waals surface area contributed by atoms with E-state index in [0.29, 0.717) is 11.5 Å². The van der Waals surface area contributed by atoms with Crippen molar-refractivity contribution in [1.29, 1.82) is 0 Å². The van der Waals surface area contributed by atoms with E-state index in [1.165, 1.54) is 57.8 Å². The lowest BCUT2D eigenvalue weighted by Gasteiger charge is -2.54. The van der Waals surface area contributed by atoms with Gasteiger partial charge >= 0.3 is 0 Å². The van der Waals surface area contributed by atoms with E-state index in [0.717, 1.165) is 48.4 Å². The molecule has 6 atom stereocenters. The van der Waals surface area contributed by atoms with E-state index >= 15 is 0 Å². The molecule has 0 radical (unpaired) electrons. The predicted molar refractivity (Wildman–Crippen MR) is 130 cm³/mol. The molecule has 1 nitrogen and oxygen atoms in total. The highest BCUT2D eigenvalue weighted by molar-refractivity contribution is 7.80. The SMILES string of the molecule is C=CCCC1CC2(C)C(OCCS)CCC2C2CCc3cc(C4CCC4)ccc3C12. The van der Waals surface area contributed by atoms with Crippen LogP contribution in [0.1, 0.15) is 93.2 Å². The van der Waals surface area contributed by atoms with E-state index in [4.69, 9.17) is 4.74 Å². The Hall–Kier alpha value is -0.730. The fraction of sp³-hybridized carbons (Fsp3) is 0.714. The largest absolute Gasteiger partial charge is 0.377 e. The summed E-state index contributed by atoms with van der Waals surface area (Å²) in [5.74, 6) is 4.87. The van der Waals surface area contributed by atoms with Crippen LogP contribution in [0.4, 0.5) is 0 Å². The molecule has 0 N–H and O–H groups in total. The lowest BCUT2D eigenvalue weighted by atomic mass is 9.51. The summed E-state index contributed by atoms with van der Waals surface area (Å²) >= 11 is 4.41. The van der Waals surface area contributed by atoms with Crippen LogP contribution in [-0.4, -0.2) is 18.5 Å². The molecule has 3 fully saturated rings. The van der Waals surface area contributed by atoms with Crippen molar-refractivity contribution in [3.63, 3.8) is 0 Å². The van der Waals surface area contributed by atoms with E-state index in [1.807, 2.05) is 0 Å². The minimum Gasteiger partial charge on any atom is -0.377 e. The summed E-state index contributed by atoms with van der Waals surface area (Å²) in [7, 11) is 0. The Kier molecular flexibility index (Phi) is 6.10. The summed E-state index contributed by atoms with van der Waals surface area (Å²) in [5, 5.41) is 0. The van der Waals surface area contributed by atoms with E-state index in [2.05, 4.69) is 50.4 Å². The Morgan fingerprint density at radius 2 is 2.07 bits per heavy atom. The molecule has 0 aliphatic heterocycles. The normalized spacial score (nSPS) is 37.7. The van der Waals surface area contributed by atoms with E-state index < -0.39 is 0 Å². The first-order chi connectivity index (χ1) is 14.7. The molecule has 3 saturated carbocycles. The fourth-order valence-electron chi connectivity index (χ4n) is 7.94. The molecular formula is C28H40OS. The lowest BCUT2D eigenvalue weighted by Crippen LogP contribution is -2.48. The summed E-state index contributed by atoms with van der Waals surface area (Å²) in [6.07, 6.45) is 15.8. The summed E-state index contributed by atoms with van der Waals surface area (Å²) in [6.45, 7) is 7.42. The molecule has 0 heterocycles. The van der Waals surface area contributed by atoms with Gasteiger partial charge in [-0.3, -0.25) is 0 Å². The monoisotopic (exact) mass is 424 g/mol. The molecule has 6 unspecified atom stereocenters. The van der Waals surface area contributed by atoms with Gasteiger partial charge in [0.2, 0.25) is 0 Å². The zero-order chi connectivity index (χ0) is 20.7. The van der Waals surface area contributed by atoms with Gasteiger partial charge in [0.05, 0.1) is 12.7 Å². The Labute approximate surface area is 189 Å². The van der Waals surface area contributed by atoms with Gasteiger partial charge in [-0.25, -0.2) is 0 Å². The molecule has 1 aromatic carbocycles. The Balaban J connectivity index is 1.46. The smallest absolute Gasteiger partial charge is 0.0632 e. The van der Waals surface area contributed by atoms with Gasteiger partial charge in [0.15, 0.2) is 0 Å². The fourth-order valence-corrected chi connectivity index (χ4v) is 8.04. The highest BCUT2D eigenvalue weighted by Crippen LogP contribution is 2.64. The topological polar surface area (TPSA) is 9.23 Å².